The van der Waals surface area contributed by atoms with Crippen LogP contribution in [0, 0.1) is 5.92 Å². The van der Waals surface area contributed by atoms with E-state index in [1.807, 2.05) is 43.3 Å². The smallest absolute Gasteiger partial charge is 0.261 e. The first kappa shape index (κ1) is 22.2. The van der Waals surface area contributed by atoms with Gasteiger partial charge in [0.1, 0.15) is 0 Å². The number of ether oxygens (including phenoxy) is 1. The monoisotopic (exact) mass is 468 g/mol. The number of halogens is 1. The Balaban J connectivity index is 1.63. The first-order chi connectivity index (χ1) is 15.7. The van der Waals surface area contributed by atoms with Crippen molar-refractivity contribution in [1.82, 2.24) is 0 Å². The van der Waals surface area contributed by atoms with Gasteiger partial charge in [0.25, 0.3) is 5.91 Å². The van der Waals surface area contributed by atoms with Crippen LogP contribution in [0.5, 0.6) is 0 Å². The number of amides is 2. The molecule has 33 heavy (non-hydrogen) atoms. The highest BCUT2D eigenvalue weighted by atomic mass is 28.4. The Morgan fingerprint density at radius 1 is 1.21 bits per heavy atom. The molecule has 2 N–H and O–H groups in total. The summed E-state index contributed by atoms with van der Waals surface area (Å²) in [5, 5.41) is 12.5. The van der Waals surface area contributed by atoms with Gasteiger partial charge in [0, 0.05) is 41.4 Å². The fourth-order valence-corrected chi connectivity index (χ4v) is 8.64. The molecule has 8 heteroatoms. The Morgan fingerprint density at radius 2 is 1.97 bits per heavy atom. The van der Waals surface area contributed by atoms with E-state index in [4.69, 9.17) is 4.74 Å². The molecule has 0 radical (unpaired) electrons. The molecule has 3 aliphatic heterocycles. The van der Waals surface area contributed by atoms with Gasteiger partial charge in [-0.25, -0.2) is 0 Å². The molecule has 174 valence electrons. The number of fused-ring (bicyclic) bond motifs is 3. The number of benzene rings is 2. The predicted octanol–water partition coefficient (Wildman–Crippen LogP) is 4.41. The summed E-state index contributed by atoms with van der Waals surface area (Å²) in [6.45, 7) is 5.00. The number of carbonyl (C=O) groups excluding carboxylic acids is 2. The van der Waals surface area contributed by atoms with E-state index in [2.05, 4.69) is 5.32 Å². The molecule has 0 aromatic heterocycles. The Morgan fingerprint density at radius 3 is 2.70 bits per heavy atom. The number of rotatable bonds is 4. The zero-order chi connectivity index (χ0) is 23.5. The van der Waals surface area contributed by atoms with Gasteiger partial charge in [-0.15, -0.1) is 0 Å². The number of aliphatic hydroxyl groups excluding tert-OH is 1. The first-order valence-corrected chi connectivity index (χ1v) is 14.5. The maximum atomic E-state index is 15.4. The van der Waals surface area contributed by atoms with Crippen LogP contribution in [0.25, 0.3) is 0 Å². The summed E-state index contributed by atoms with van der Waals surface area (Å²) in [6.07, 6.45) is 0.832. The number of para-hydroxylation sites is 1. The molecule has 1 saturated heterocycles. The third kappa shape index (κ3) is 3.26. The van der Waals surface area contributed by atoms with Gasteiger partial charge in [0.15, 0.2) is 5.60 Å². The van der Waals surface area contributed by atoms with Crippen molar-refractivity contribution in [3.8, 4) is 0 Å². The van der Waals surface area contributed by atoms with Crippen molar-refractivity contribution in [3.05, 3.63) is 53.6 Å². The second-order valence-electron chi connectivity index (χ2n) is 9.82. The zero-order valence-corrected chi connectivity index (χ0v) is 20.1. The molecule has 1 fully saturated rings. The molecule has 4 atom stereocenters. The summed E-state index contributed by atoms with van der Waals surface area (Å²) >= 11 is 0. The van der Waals surface area contributed by atoms with Crippen molar-refractivity contribution in [1.29, 1.82) is 0 Å². The van der Waals surface area contributed by atoms with Gasteiger partial charge in [-0.3, -0.25) is 14.5 Å². The number of carbonyl (C=O) groups is 2. The number of hydrogen-bond donors (Lipinski definition) is 2. The quantitative estimate of drug-likeness (QED) is 0.515. The maximum Gasteiger partial charge on any atom is 0.261 e. The van der Waals surface area contributed by atoms with E-state index in [0.29, 0.717) is 29.8 Å². The molecule has 0 saturated carbocycles. The third-order valence-electron chi connectivity index (χ3n) is 7.46. The molecule has 0 unspecified atom stereocenters. The third-order valence-corrected chi connectivity index (χ3v) is 9.92. The van der Waals surface area contributed by atoms with E-state index < -0.39 is 31.6 Å². The maximum absolute atomic E-state index is 15.4. The number of hydrogen-bond acceptors (Lipinski definition) is 4. The van der Waals surface area contributed by atoms with Crippen molar-refractivity contribution >= 4 is 37.3 Å². The topological polar surface area (TPSA) is 78.9 Å². The Bertz CT molecular complexity index is 1130. The highest BCUT2D eigenvalue weighted by Crippen LogP contribution is 2.59. The fraction of sp³-hybridized carbons (Fsp3) is 0.440. The van der Waals surface area contributed by atoms with E-state index in [1.54, 1.807) is 24.1 Å². The van der Waals surface area contributed by atoms with Crippen molar-refractivity contribution < 1.29 is 23.5 Å². The summed E-state index contributed by atoms with van der Waals surface area (Å²) in [7, 11) is -3.22. The van der Waals surface area contributed by atoms with Crippen LogP contribution in [0.4, 0.5) is 21.2 Å². The van der Waals surface area contributed by atoms with Crippen LogP contribution in [-0.4, -0.2) is 38.0 Å². The van der Waals surface area contributed by atoms with Crippen molar-refractivity contribution in [3.63, 3.8) is 0 Å². The average molecular weight is 469 g/mol. The van der Waals surface area contributed by atoms with Gasteiger partial charge in [0.2, 0.25) is 14.3 Å². The predicted molar refractivity (Wildman–Crippen MR) is 127 cm³/mol. The van der Waals surface area contributed by atoms with E-state index in [1.165, 1.54) is 0 Å². The fourth-order valence-electron chi connectivity index (χ4n) is 6.10. The highest BCUT2D eigenvalue weighted by molar-refractivity contribution is 6.72. The molecule has 0 bridgehead atoms. The molecular weight excluding hydrogens is 439 g/mol. The number of nitrogens with one attached hydrogen (secondary N) is 1. The summed E-state index contributed by atoms with van der Waals surface area (Å²) in [6, 6.07) is 13.3. The van der Waals surface area contributed by atoms with Gasteiger partial charge in [0.05, 0.1) is 11.8 Å². The Labute approximate surface area is 193 Å². The number of aryl methyl sites for hydroxylation is 1. The molecule has 2 aromatic rings. The lowest BCUT2D eigenvalue weighted by Gasteiger charge is -2.32. The normalized spacial score (nSPS) is 28.8. The molecule has 6 nitrogen and oxygen atoms in total. The Kier molecular flexibility index (Phi) is 5.23. The number of anilines is 3. The van der Waals surface area contributed by atoms with Crippen LogP contribution >= 0.6 is 0 Å². The largest absolute Gasteiger partial charge is 0.396 e. The summed E-state index contributed by atoms with van der Waals surface area (Å²) in [4.78, 5) is 28.0. The minimum atomic E-state index is -3.22. The standard InChI is InChI=1S/C25H29FN2O4Si/c1-15-23(33(2,3)26)21(12-13-29)32-25(15)18-14-17(9-10-19(18)27-24(25)31)28-20-7-5-4-6-16(20)8-11-22(28)30/h4-7,9-10,14-15,21,23,29H,8,11-13H2,1-3H3,(H,27,31)/t15-,21+,23-,25+/m1/s1. The molecule has 1 spiro atoms. The van der Waals surface area contributed by atoms with Crippen molar-refractivity contribution in [2.24, 2.45) is 5.92 Å². The van der Waals surface area contributed by atoms with Gasteiger partial charge in [-0.05, 0) is 55.8 Å². The van der Waals surface area contributed by atoms with E-state index in [0.717, 1.165) is 11.3 Å². The van der Waals surface area contributed by atoms with E-state index >= 15 is 4.11 Å². The van der Waals surface area contributed by atoms with Crippen LogP contribution in [0.15, 0.2) is 42.5 Å². The lowest BCUT2D eigenvalue weighted by Crippen LogP contribution is -2.42. The SMILES string of the molecule is C[C@@H]1[C@@H]([Si](C)(C)F)[C@H](CCO)O[C@@]12C(=O)Nc1ccc(N3C(=O)CCc4ccccc43)cc12. The van der Waals surface area contributed by atoms with Gasteiger partial charge in [-0.2, -0.15) is 0 Å². The van der Waals surface area contributed by atoms with Crippen LogP contribution in [-0.2, 0) is 26.3 Å². The second-order valence-corrected chi connectivity index (χ2v) is 13.6. The van der Waals surface area contributed by atoms with E-state index in [-0.39, 0.29) is 24.8 Å². The zero-order valence-electron chi connectivity index (χ0n) is 19.1. The van der Waals surface area contributed by atoms with Crippen molar-refractivity contribution in [2.75, 3.05) is 16.8 Å². The molecule has 5 rings (SSSR count). The molecular formula is C25H29FN2O4Si. The minimum absolute atomic E-state index is 0.00583. The van der Waals surface area contributed by atoms with Crippen LogP contribution in [0.1, 0.15) is 30.9 Å². The molecule has 0 aliphatic carbocycles. The van der Waals surface area contributed by atoms with E-state index in [9.17, 15) is 14.7 Å². The summed E-state index contributed by atoms with van der Waals surface area (Å²) in [5.41, 5.74) is 2.07. The number of nitrogens with zero attached hydrogens (tertiary/aromatic N) is 1. The van der Waals surface area contributed by atoms with Crippen LogP contribution in [0.3, 0.4) is 0 Å². The molecule has 2 aromatic carbocycles. The highest BCUT2D eigenvalue weighted by Gasteiger charge is 2.65. The average Bonchev–Trinajstić information content (AvgIpc) is 3.22. The summed E-state index contributed by atoms with van der Waals surface area (Å²) in [5.74, 6) is -0.730. The summed E-state index contributed by atoms with van der Waals surface area (Å²) < 4.78 is 21.8. The van der Waals surface area contributed by atoms with Crippen LogP contribution < -0.4 is 10.2 Å². The van der Waals surface area contributed by atoms with Gasteiger partial charge < -0.3 is 19.3 Å². The van der Waals surface area contributed by atoms with Gasteiger partial charge in [-0.1, -0.05) is 25.1 Å². The Hall–Kier alpha value is -2.55. The lowest BCUT2D eigenvalue weighted by atomic mass is 9.82. The molecule has 3 aliphatic rings. The van der Waals surface area contributed by atoms with Gasteiger partial charge >= 0.3 is 0 Å². The molecule has 3 heterocycles. The molecule has 2 amide bonds. The minimum Gasteiger partial charge on any atom is -0.396 e. The number of aliphatic hydroxyl groups is 1. The first-order valence-electron chi connectivity index (χ1n) is 11.5. The van der Waals surface area contributed by atoms with Crippen molar-refractivity contribution in [2.45, 2.75) is 56.5 Å². The van der Waals surface area contributed by atoms with Crippen LogP contribution in [0.2, 0.25) is 18.6 Å². The lowest BCUT2D eigenvalue weighted by molar-refractivity contribution is -0.143. The second kappa shape index (κ2) is 7.75.